The molecule has 2 aromatic carbocycles. The highest BCUT2D eigenvalue weighted by Crippen LogP contribution is 2.33. The first kappa shape index (κ1) is 18.3. The molecule has 7 heteroatoms. The van der Waals surface area contributed by atoms with Crippen molar-refractivity contribution in [3.8, 4) is 27.8 Å². The number of methoxy groups -OCH3 is 1. The molecule has 0 radical (unpaired) electrons. The molecule has 1 N–H and O–H groups in total. The predicted molar refractivity (Wildman–Crippen MR) is 108 cm³/mol. The third-order valence-corrected chi connectivity index (χ3v) is 5.25. The number of thiazole rings is 1. The number of aryl methyl sites for hydroxylation is 1. The molecule has 1 amide bonds. The second-order valence-electron chi connectivity index (χ2n) is 6.25. The van der Waals surface area contributed by atoms with E-state index in [2.05, 4.69) is 10.3 Å². The van der Waals surface area contributed by atoms with Gasteiger partial charge < -0.3 is 19.5 Å². The van der Waals surface area contributed by atoms with E-state index in [1.54, 1.807) is 24.5 Å². The molecule has 144 valence electrons. The van der Waals surface area contributed by atoms with Crippen molar-refractivity contribution in [1.82, 2.24) is 4.98 Å². The first-order valence-corrected chi connectivity index (χ1v) is 9.88. The summed E-state index contributed by atoms with van der Waals surface area (Å²) >= 11 is 1.55. The topological polar surface area (TPSA) is 69.7 Å². The van der Waals surface area contributed by atoms with E-state index in [1.165, 1.54) is 0 Å². The molecular formula is C21H20N2O4S. The fraction of sp³-hybridized carbons (Fsp3) is 0.238. The van der Waals surface area contributed by atoms with Crippen LogP contribution in [-0.2, 0) is 11.2 Å². The fourth-order valence-corrected chi connectivity index (χ4v) is 3.84. The van der Waals surface area contributed by atoms with Crippen LogP contribution < -0.4 is 19.5 Å². The molecule has 1 aromatic heterocycles. The van der Waals surface area contributed by atoms with Crippen molar-refractivity contribution in [3.05, 3.63) is 53.5 Å². The van der Waals surface area contributed by atoms with Crippen LogP contribution >= 0.6 is 11.3 Å². The number of para-hydroxylation sites is 1. The smallest absolute Gasteiger partial charge is 0.224 e. The van der Waals surface area contributed by atoms with Gasteiger partial charge in [0.25, 0.3) is 0 Å². The van der Waals surface area contributed by atoms with Gasteiger partial charge in [0, 0.05) is 23.6 Å². The molecule has 6 nitrogen and oxygen atoms in total. The van der Waals surface area contributed by atoms with E-state index in [9.17, 15) is 4.79 Å². The summed E-state index contributed by atoms with van der Waals surface area (Å²) in [5.41, 5.74) is 2.55. The first-order valence-electron chi connectivity index (χ1n) is 9.00. The highest BCUT2D eigenvalue weighted by atomic mass is 32.1. The van der Waals surface area contributed by atoms with Crippen LogP contribution in [0, 0.1) is 0 Å². The van der Waals surface area contributed by atoms with E-state index in [0.717, 1.165) is 22.0 Å². The minimum atomic E-state index is -0.0662. The summed E-state index contributed by atoms with van der Waals surface area (Å²) in [7, 11) is 1.65. The zero-order valence-corrected chi connectivity index (χ0v) is 16.3. The van der Waals surface area contributed by atoms with E-state index in [0.29, 0.717) is 43.2 Å². The van der Waals surface area contributed by atoms with E-state index in [4.69, 9.17) is 14.2 Å². The van der Waals surface area contributed by atoms with E-state index >= 15 is 0 Å². The van der Waals surface area contributed by atoms with Crippen LogP contribution in [0.1, 0.15) is 12.1 Å². The van der Waals surface area contributed by atoms with Gasteiger partial charge in [0.05, 0.1) is 18.4 Å². The molecule has 0 spiro atoms. The lowest BCUT2D eigenvalue weighted by molar-refractivity contribution is -0.116. The van der Waals surface area contributed by atoms with Crippen molar-refractivity contribution < 1.29 is 19.0 Å². The number of ether oxygens (including phenoxy) is 3. The molecule has 1 aliphatic heterocycles. The standard InChI is InChI=1S/C21H20N2O4S/c1-25-17-5-3-2-4-16(17)21-23-15(13-28-21)7-9-20(24)22-14-6-8-18-19(12-14)27-11-10-26-18/h2-6,8,12-13H,7,9-11H2,1H3,(H,22,24). The maximum Gasteiger partial charge on any atom is 0.224 e. The van der Waals surface area contributed by atoms with Gasteiger partial charge in [-0.3, -0.25) is 4.79 Å². The zero-order valence-electron chi connectivity index (χ0n) is 15.4. The summed E-state index contributed by atoms with van der Waals surface area (Å²) in [6, 6.07) is 13.2. The third-order valence-electron chi connectivity index (χ3n) is 4.32. The predicted octanol–water partition coefficient (Wildman–Crippen LogP) is 4.16. The molecule has 0 atom stereocenters. The number of nitrogens with one attached hydrogen (secondary N) is 1. The number of anilines is 1. The van der Waals surface area contributed by atoms with Crippen molar-refractivity contribution in [2.24, 2.45) is 0 Å². The van der Waals surface area contributed by atoms with Crippen LogP contribution in [0.5, 0.6) is 17.2 Å². The van der Waals surface area contributed by atoms with Gasteiger partial charge in [-0.05, 0) is 30.7 Å². The lowest BCUT2D eigenvalue weighted by Crippen LogP contribution is -2.16. The number of carbonyl (C=O) groups is 1. The Bertz CT molecular complexity index is 986. The summed E-state index contributed by atoms with van der Waals surface area (Å²) < 4.78 is 16.4. The Morgan fingerprint density at radius 3 is 2.86 bits per heavy atom. The maximum absolute atomic E-state index is 12.3. The van der Waals surface area contributed by atoms with Crippen molar-refractivity contribution in [2.75, 3.05) is 25.6 Å². The van der Waals surface area contributed by atoms with Crippen molar-refractivity contribution in [1.29, 1.82) is 0 Å². The molecule has 1 aliphatic rings. The van der Waals surface area contributed by atoms with Gasteiger partial charge in [-0.2, -0.15) is 0 Å². The SMILES string of the molecule is COc1ccccc1-c1nc(CCC(=O)Nc2ccc3c(c2)OCCO3)cs1. The molecule has 0 unspecified atom stereocenters. The Balaban J connectivity index is 1.36. The average molecular weight is 396 g/mol. The molecule has 0 fully saturated rings. The van der Waals surface area contributed by atoms with Crippen LogP contribution in [0.2, 0.25) is 0 Å². The number of aromatic nitrogens is 1. The van der Waals surface area contributed by atoms with Gasteiger partial charge in [0.15, 0.2) is 11.5 Å². The van der Waals surface area contributed by atoms with Crippen LogP contribution in [0.15, 0.2) is 47.8 Å². The molecular weight excluding hydrogens is 376 g/mol. The number of nitrogens with zero attached hydrogens (tertiary/aromatic N) is 1. The molecule has 2 heterocycles. The monoisotopic (exact) mass is 396 g/mol. The fourth-order valence-electron chi connectivity index (χ4n) is 2.95. The molecule has 28 heavy (non-hydrogen) atoms. The number of hydrogen-bond acceptors (Lipinski definition) is 6. The van der Waals surface area contributed by atoms with Crippen molar-refractivity contribution in [2.45, 2.75) is 12.8 Å². The molecule has 0 saturated heterocycles. The zero-order chi connectivity index (χ0) is 19.3. The number of carbonyl (C=O) groups excluding carboxylic acids is 1. The van der Waals surface area contributed by atoms with Gasteiger partial charge in [-0.15, -0.1) is 11.3 Å². The summed E-state index contributed by atoms with van der Waals surface area (Å²) in [5, 5.41) is 5.77. The molecule has 3 aromatic rings. The minimum absolute atomic E-state index is 0.0662. The number of rotatable bonds is 6. The van der Waals surface area contributed by atoms with Gasteiger partial charge in [-0.25, -0.2) is 4.98 Å². The maximum atomic E-state index is 12.3. The number of fused-ring (bicyclic) bond motifs is 1. The number of amides is 1. The average Bonchev–Trinajstić information content (AvgIpc) is 3.21. The second kappa shape index (κ2) is 8.31. The van der Waals surface area contributed by atoms with Crippen molar-refractivity contribution in [3.63, 3.8) is 0 Å². The molecule has 0 aliphatic carbocycles. The molecule has 0 saturated carbocycles. The van der Waals surface area contributed by atoms with Crippen LogP contribution in [-0.4, -0.2) is 31.2 Å². The normalized spacial score (nSPS) is 12.5. The number of hydrogen-bond donors (Lipinski definition) is 1. The summed E-state index contributed by atoms with van der Waals surface area (Å²) in [6.07, 6.45) is 0.922. The largest absolute Gasteiger partial charge is 0.496 e. The van der Waals surface area contributed by atoms with Gasteiger partial charge in [-0.1, -0.05) is 12.1 Å². The van der Waals surface area contributed by atoms with Crippen LogP contribution in [0.25, 0.3) is 10.6 Å². The van der Waals surface area contributed by atoms with Gasteiger partial charge in [0.2, 0.25) is 5.91 Å². The van der Waals surface area contributed by atoms with Gasteiger partial charge in [0.1, 0.15) is 24.0 Å². The summed E-state index contributed by atoms with van der Waals surface area (Å²) in [4.78, 5) is 17.0. The minimum Gasteiger partial charge on any atom is -0.496 e. The Morgan fingerprint density at radius 2 is 2.00 bits per heavy atom. The highest BCUT2D eigenvalue weighted by Gasteiger charge is 2.14. The first-order chi connectivity index (χ1) is 13.7. The van der Waals surface area contributed by atoms with Crippen molar-refractivity contribution >= 4 is 22.9 Å². The molecule has 4 rings (SSSR count). The van der Waals surface area contributed by atoms with E-state index in [1.807, 2.05) is 41.8 Å². The Kier molecular flexibility index (Phi) is 5.43. The highest BCUT2D eigenvalue weighted by molar-refractivity contribution is 7.13. The summed E-state index contributed by atoms with van der Waals surface area (Å²) in [6.45, 7) is 1.06. The van der Waals surface area contributed by atoms with Crippen LogP contribution in [0.4, 0.5) is 5.69 Å². The van der Waals surface area contributed by atoms with E-state index < -0.39 is 0 Å². The van der Waals surface area contributed by atoms with E-state index in [-0.39, 0.29) is 5.91 Å². The Labute approximate surface area is 167 Å². The Morgan fingerprint density at radius 1 is 1.18 bits per heavy atom. The third kappa shape index (κ3) is 4.09. The number of benzene rings is 2. The van der Waals surface area contributed by atoms with Crippen LogP contribution in [0.3, 0.4) is 0 Å². The lowest BCUT2D eigenvalue weighted by Gasteiger charge is -2.19. The lowest BCUT2D eigenvalue weighted by atomic mass is 10.2. The summed E-state index contributed by atoms with van der Waals surface area (Å²) in [5.74, 6) is 2.09. The van der Waals surface area contributed by atoms with Gasteiger partial charge >= 0.3 is 0 Å². The quantitative estimate of drug-likeness (QED) is 0.677. The molecule has 0 bridgehead atoms. The Hall–Kier alpha value is -3.06. The second-order valence-corrected chi connectivity index (χ2v) is 7.11.